The van der Waals surface area contributed by atoms with Crippen molar-refractivity contribution in [3.8, 4) is 0 Å². The number of sulfonamides is 1. The highest BCUT2D eigenvalue weighted by Gasteiger charge is 2.28. The van der Waals surface area contributed by atoms with Gasteiger partial charge in [-0.3, -0.25) is 0 Å². The molecule has 1 N–H and O–H groups in total. The van der Waals surface area contributed by atoms with Gasteiger partial charge >= 0.3 is 21.9 Å². The third-order valence-electron chi connectivity index (χ3n) is 0.859. The Bertz CT molecular complexity index is 306. The third kappa shape index (κ3) is 4.95. The lowest BCUT2D eigenvalue weighted by molar-refractivity contribution is 0.0565. The molecule has 0 aromatic rings. The summed E-state index contributed by atoms with van der Waals surface area (Å²) in [5, 5.41) is 0. The van der Waals surface area contributed by atoms with Gasteiger partial charge in [0.05, 0.1) is 0 Å². The Labute approximate surface area is 80.5 Å². The monoisotopic (exact) mass is 231 g/mol. The van der Waals surface area contributed by atoms with E-state index in [4.69, 9.17) is 0 Å². The molecule has 0 spiro atoms. The van der Waals surface area contributed by atoms with Gasteiger partial charge in [0.25, 0.3) is 0 Å². The molecule has 0 aromatic carbocycles. The van der Waals surface area contributed by atoms with E-state index in [-0.39, 0.29) is 0 Å². The molecule has 8 heteroatoms. The predicted octanol–water partition coefficient (Wildman–Crippen LogP) is 1.06. The van der Waals surface area contributed by atoms with Crippen LogP contribution in [0.2, 0.25) is 0 Å². The molecule has 5 nitrogen and oxygen atoms in total. The minimum absolute atomic E-state index is 0.943. The number of hydrogen-bond acceptors (Lipinski definition) is 4. The number of nitrogens with one attached hydrogen (secondary N) is 1. The average Bonchev–Trinajstić information content (AvgIpc) is 1.79. The zero-order valence-corrected chi connectivity index (χ0v) is 8.69. The maximum atomic E-state index is 11.7. The van der Waals surface area contributed by atoms with Crippen LogP contribution in [0, 0.1) is 0 Å². The first-order valence-corrected chi connectivity index (χ1v) is 5.12. The van der Waals surface area contributed by atoms with E-state index < -0.39 is 27.5 Å². The molecule has 0 atom stereocenters. The van der Waals surface area contributed by atoms with Crippen LogP contribution in [0.25, 0.3) is 0 Å². The van der Waals surface area contributed by atoms with Gasteiger partial charge in [-0.25, -0.2) is 17.9 Å². The van der Waals surface area contributed by atoms with Crippen molar-refractivity contribution in [3.05, 3.63) is 0 Å². The van der Waals surface area contributed by atoms with Crippen molar-refractivity contribution < 1.29 is 26.7 Å². The summed E-state index contributed by atoms with van der Waals surface area (Å²) in [4.78, 5) is 10.7. The van der Waals surface area contributed by atoms with Crippen LogP contribution in [0.5, 0.6) is 0 Å². The van der Waals surface area contributed by atoms with Crippen molar-refractivity contribution in [1.82, 2.24) is 4.72 Å². The van der Waals surface area contributed by atoms with Gasteiger partial charge in [-0.15, -0.1) is 0 Å². The molecule has 0 saturated heterocycles. The highest BCUT2D eigenvalue weighted by atomic mass is 32.2. The van der Waals surface area contributed by atoms with Crippen molar-refractivity contribution in [2.45, 2.75) is 32.1 Å². The molecule has 0 saturated carbocycles. The summed E-state index contributed by atoms with van der Waals surface area (Å²) in [6.07, 6.45) is -1.42. The van der Waals surface area contributed by atoms with Gasteiger partial charge < -0.3 is 4.74 Å². The van der Waals surface area contributed by atoms with Crippen molar-refractivity contribution in [1.29, 1.82) is 0 Å². The fourth-order valence-electron chi connectivity index (χ4n) is 0.460. The number of alkyl halides is 2. The third-order valence-corrected chi connectivity index (χ3v) is 1.78. The fourth-order valence-corrected chi connectivity index (χ4v) is 0.823. The van der Waals surface area contributed by atoms with Crippen LogP contribution in [0.15, 0.2) is 0 Å². The quantitative estimate of drug-likeness (QED) is 0.771. The molecular formula is C6H11F2NO4S. The van der Waals surface area contributed by atoms with E-state index in [1.807, 2.05) is 0 Å². The number of carbonyl (C=O) groups is 1. The summed E-state index contributed by atoms with van der Waals surface area (Å²) in [5.41, 5.74) is -0.943. The molecule has 0 aromatic heterocycles. The summed E-state index contributed by atoms with van der Waals surface area (Å²) in [5.74, 6) is -3.66. The zero-order chi connectivity index (χ0) is 11.6. The lowest BCUT2D eigenvalue weighted by atomic mass is 10.2. The molecule has 0 bridgehead atoms. The second-order valence-corrected chi connectivity index (χ2v) is 5.06. The van der Waals surface area contributed by atoms with Crippen LogP contribution < -0.4 is 4.72 Å². The molecule has 84 valence electrons. The Morgan fingerprint density at radius 1 is 1.36 bits per heavy atom. The maximum Gasteiger partial charge on any atom is 0.421 e. The molecule has 0 aliphatic carbocycles. The Balaban J connectivity index is 4.36. The molecule has 0 unspecified atom stereocenters. The number of ether oxygens (including phenoxy) is 1. The van der Waals surface area contributed by atoms with Crippen LogP contribution in [0.4, 0.5) is 13.6 Å². The number of rotatable bonds is 2. The van der Waals surface area contributed by atoms with Crippen LogP contribution in [-0.2, 0) is 14.8 Å². The van der Waals surface area contributed by atoms with Gasteiger partial charge in [-0.05, 0) is 20.8 Å². The highest BCUT2D eigenvalue weighted by molar-refractivity contribution is 7.90. The standard InChI is InChI=1S/C6H11F2NO4S/c1-6(2,3)13-5(10)9-14(11,12)4(7)8/h4H,1-3H3,(H,9,10). The second kappa shape index (κ2) is 4.07. The molecule has 0 heterocycles. The minimum atomic E-state index is -4.93. The van der Waals surface area contributed by atoms with Crippen LogP contribution >= 0.6 is 0 Å². The van der Waals surface area contributed by atoms with E-state index in [0.717, 1.165) is 4.72 Å². The predicted molar refractivity (Wildman–Crippen MR) is 44.3 cm³/mol. The topological polar surface area (TPSA) is 72.5 Å². The highest BCUT2D eigenvalue weighted by Crippen LogP contribution is 2.08. The number of halogens is 2. The van der Waals surface area contributed by atoms with Crippen molar-refractivity contribution in [2.75, 3.05) is 0 Å². The summed E-state index contributed by atoms with van der Waals surface area (Å²) >= 11 is 0. The number of hydrogen-bond donors (Lipinski definition) is 1. The van der Waals surface area contributed by atoms with E-state index in [9.17, 15) is 22.0 Å². The number of carbonyl (C=O) groups excluding carboxylic acids is 1. The van der Waals surface area contributed by atoms with Gasteiger partial charge in [0, 0.05) is 0 Å². The average molecular weight is 231 g/mol. The smallest absolute Gasteiger partial charge is 0.421 e. The van der Waals surface area contributed by atoms with E-state index in [2.05, 4.69) is 4.74 Å². The molecule has 0 aliphatic rings. The maximum absolute atomic E-state index is 11.7. The fraction of sp³-hybridized carbons (Fsp3) is 0.833. The molecule has 0 radical (unpaired) electrons. The molecular weight excluding hydrogens is 220 g/mol. The Morgan fingerprint density at radius 2 is 1.79 bits per heavy atom. The lowest BCUT2D eigenvalue weighted by Gasteiger charge is -2.19. The Hall–Kier alpha value is -0.920. The molecule has 0 rings (SSSR count). The second-order valence-electron chi connectivity index (χ2n) is 3.41. The first kappa shape index (κ1) is 13.1. The largest absolute Gasteiger partial charge is 0.443 e. The van der Waals surface area contributed by atoms with Crippen LogP contribution in [-0.4, -0.2) is 25.9 Å². The normalized spacial score (nSPS) is 12.7. The van der Waals surface area contributed by atoms with Crippen molar-refractivity contribution in [2.24, 2.45) is 0 Å². The van der Waals surface area contributed by atoms with Crippen molar-refractivity contribution in [3.63, 3.8) is 0 Å². The summed E-state index contributed by atoms with van der Waals surface area (Å²) in [6.45, 7) is 4.42. The SMILES string of the molecule is CC(C)(C)OC(=O)NS(=O)(=O)C(F)F. The van der Waals surface area contributed by atoms with Gasteiger partial charge in [0.15, 0.2) is 0 Å². The van der Waals surface area contributed by atoms with Crippen LogP contribution in [0.3, 0.4) is 0 Å². The van der Waals surface area contributed by atoms with E-state index in [1.54, 1.807) is 0 Å². The van der Waals surface area contributed by atoms with E-state index >= 15 is 0 Å². The van der Waals surface area contributed by atoms with Gasteiger partial charge in [-0.1, -0.05) is 0 Å². The van der Waals surface area contributed by atoms with Crippen LogP contribution in [0.1, 0.15) is 20.8 Å². The Morgan fingerprint density at radius 3 is 2.07 bits per heavy atom. The van der Waals surface area contributed by atoms with E-state index in [1.165, 1.54) is 20.8 Å². The first-order valence-electron chi connectivity index (χ1n) is 3.57. The summed E-state index contributed by atoms with van der Waals surface area (Å²) in [7, 11) is -4.93. The summed E-state index contributed by atoms with van der Waals surface area (Å²) < 4.78 is 50.0. The molecule has 1 amide bonds. The zero-order valence-electron chi connectivity index (χ0n) is 7.87. The summed E-state index contributed by atoms with van der Waals surface area (Å²) in [6, 6.07) is 0. The molecule has 0 fully saturated rings. The van der Waals surface area contributed by atoms with Gasteiger partial charge in [-0.2, -0.15) is 8.78 Å². The molecule has 0 aliphatic heterocycles. The Kier molecular flexibility index (Phi) is 3.81. The first-order chi connectivity index (χ1) is 6.04. The minimum Gasteiger partial charge on any atom is -0.443 e. The number of amides is 1. The van der Waals surface area contributed by atoms with Crippen molar-refractivity contribution >= 4 is 16.1 Å². The molecule has 14 heavy (non-hydrogen) atoms. The van der Waals surface area contributed by atoms with Gasteiger partial charge in [0.2, 0.25) is 0 Å². The van der Waals surface area contributed by atoms with E-state index in [0.29, 0.717) is 0 Å². The lowest BCUT2D eigenvalue weighted by Crippen LogP contribution is -2.38. The van der Waals surface area contributed by atoms with Gasteiger partial charge in [0.1, 0.15) is 5.60 Å².